The van der Waals surface area contributed by atoms with Gasteiger partial charge in [-0.3, -0.25) is 14.4 Å². The fourth-order valence-corrected chi connectivity index (χ4v) is 7.03. The van der Waals surface area contributed by atoms with E-state index in [4.69, 9.17) is 4.74 Å². The number of hydrogen-bond donors (Lipinski definition) is 0. The molecular formula is C14H14O5. The molecule has 0 aromatic carbocycles. The highest BCUT2D eigenvalue weighted by Gasteiger charge is 3.12. The SMILES string of the molecule is COC(=O)CC(=O)C12C3C4C1C1C2C3C41C(=O)OC. The van der Waals surface area contributed by atoms with Crippen LogP contribution in [0.1, 0.15) is 6.42 Å². The third kappa shape index (κ3) is 0.574. The molecule has 0 atom stereocenters. The van der Waals surface area contributed by atoms with Gasteiger partial charge in [-0.15, -0.1) is 0 Å². The van der Waals surface area contributed by atoms with Crippen LogP contribution >= 0.6 is 0 Å². The number of Topliss-reactive ketones (excluding diaryl/α,β-unsaturated/α-hetero) is 1. The summed E-state index contributed by atoms with van der Waals surface area (Å²) in [6.45, 7) is 0. The second-order valence-corrected chi connectivity index (χ2v) is 6.69. The molecule has 0 spiro atoms. The molecule has 5 heteroatoms. The Morgan fingerprint density at radius 1 is 0.842 bits per heavy atom. The van der Waals surface area contributed by atoms with E-state index in [1.54, 1.807) is 0 Å². The molecule has 5 nitrogen and oxygen atoms in total. The van der Waals surface area contributed by atoms with Gasteiger partial charge in [-0.25, -0.2) is 0 Å². The summed E-state index contributed by atoms with van der Waals surface area (Å²) in [5.41, 5.74) is -0.438. The molecule has 0 bridgehead atoms. The Hall–Kier alpha value is -1.39. The average molecular weight is 262 g/mol. The molecular weight excluding hydrogens is 248 g/mol. The maximum absolute atomic E-state index is 12.3. The Labute approximate surface area is 109 Å². The first kappa shape index (κ1) is 10.4. The van der Waals surface area contributed by atoms with Crippen LogP contribution < -0.4 is 0 Å². The molecule has 0 aliphatic heterocycles. The van der Waals surface area contributed by atoms with Crippen LogP contribution in [0.2, 0.25) is 0 Å². The molecule has 0 aromatic rings. The van der Waals surface area contributed by atoms with Crippen LogP contribution in [-0.2, 0) is 23.9 Å². The lowest BCUT2D eigenvalue weighted by Gasteiger charge is -3.09. The molecule has 0 saturated heterocycles. The number of hydrogen-bond acceptors (Lipinski definition) is 5. The first-order valence-electron chi connectivity index (χ1n) is 6.78. The first-order chi connectivity index (χ1) is 9.09. The predicted octanol–water partition coefficient (Wildman–Crippen LogP) is 0.0296. The van der Waals surface area contributed by atoms with Crippen LogP contribution in [0.15, 0.2) is 0 Å². The van der Waals surface area contributed by atoms with E-state index in [-0.39, 0.29) is 29.0 Å². The zero-order valence-electron chi connectivity index (χ0n) is 10.7. The van der Waals surface area contributed by atoms with E-state index in [2.05, 4.69) is 4.74 Å². The topological polar surface area (TPSA) is 69.7 Å². The summed E-state index contributed by atoms with van der Waals surface area (Å²) in [5, 5.41) is 0. The predicted molar refractivity (Wildman–Crippen MR) is 59.5 cm³/mol. The van der Waals surface area contributed by atoms with E-state index >= 15 is 0 Å². The minimum absolute atomic E-state index is 0.0567. The third-order valence-electron chi connectivity index (χ3n) is 7.19. The van der Waals surface area contributed by atoms with Crippen LogP contribution in [0.3, 0.4) is 0 Å². The first-order valence-corrected chi connectivity index (χ1v) is 6.78. The van der Waals surface area contributed by atoms with Gasteiger partial charge in [0.2, 0.25) is 0 Å². The number of rotatable bonds is 4. The summed E-state index contributed by atoms with van der Waals surface area (Å²) < 4.78 is 9.52. The molecule has 0 N–H and O–H groups in total. The van der Waals surface area contributed by atoms with Gasteiger partial charge in [0, 0.05) is 5.41 Å². The van der Waals surface area contributed by atoms with Crippen molar-refractivity contribution in [2.45, 2.75) is 6.42 Å². The molecule has 0 aromatic heterocycles. The summed E-state index contributed by atoms with van der Waals surface area (Å²) >= 11 is 0. The van der Waals surface area contributed by atoms with Gasteiger partial charge in [-0.1, -0.05) is 0 Å². The molecule has 0 amide bonds. The minimum Gasteiger partial charge on any atom is -0.469 e. The summed E-state index contributed by atoms with van der Waals surface area (Å²) in [6, 6.07) is 0. The van der Waals surface area contributed by atoms with E-state index in [1.807, 2.05) is 0 Å². The Bertz CT molecular complexity index is 523. The summed E-state index contributed by atoms with van der Waals surface area (Å²) in [7, 11) is 2.75. The van der Waals surface area contributed by atoms with Crippen LogP contribution in [0.5, 0.6) is 0 Å². The second-order valence-electron chi connectivity index (χ2n) is 6.69. The van der Waals surface area contributed by atoms with Crippen molar-refractivity contribution in [1.29, 1.82) is 0 Å². The lowest BCUT2D eigenvalue weighted by atomic mass is 8.92. The van der Waals surface area contributed by atoms with E-state index in [0.717, 1.165) is 0 Å². The normalized spacial score (nSPS) is 59.3. The highest BCUT2D eigenvalue weighted by Crippen LogP contribution is 3.10. The molecule has 0 heterocycles. The van der Waals surface area contributed by atoms with Crippen molar-refractivity contribution in [2.75, 3.05) is 14.2 Å². The Morgan fingerprint density at radius 2 is 1.32 bits per heavy atom. The van der Waals surface area contributed by atoms with E-state index in [9.17, 15) is 14.4 Å². The number of ketones is 1. The number of carbonyl (C=O) groups excluding carboxylic acids is 3. The number of esters is 2. The molecule has 6 rings (SSSR count). The van der Waals surface area contributed by atoms with Crippen molar-refractivity contribution >= 4 is 17.7 Å². The summed E-state index contributed by atoms with van der Waals surface area (Å²) in [4.78, 5) is 35.5. The monoisotopic (exact) mass is 262 g/mol. The molecule has 19 heavy (non-hydrogen) atoms. The van der Waals surface area contributed by atoms with Crippen LogP contribution in [0.4, 0.5) is 0 Å². The van der Waals surface area contributed by atoms with E-state index in [1.165, 1.54) is 14.2 Å². The lowest BCUT2D eigenvalue weighted by molar-refractivity contribution is -0.626. The van der Waals surface area contributed by atoms with Gasteiger partial charge >= 0.3 is 11.9 Å². The van der Waals surface area contributed by atoms with E-state index in [0.29, 0.717) is 35.5 Å². The number of ether oxygens (including phenoxy) is 2. The fraction of sp³-hybridized carbons (Fsp3) is 0.786. The molecule has 0 radical (unpaired) electrons. The van der Waals surface area contributed by atoms with Crippen molar-refractivity contribution in [3.63, 3.8) is 0 Å². The van der Waals surface area contributed by atoms with Gasteiger partial charge in [0.15, 0.2) is 5.78 Å². The zero-order valence-corrected chi connectivity index (χ0v) is 10.7. The smallest absolute Gasteiger partial charge is 0.313 e. The van der Waals surface area contributed by atoms with Crippen molar-refractivity contribution in [3.8, 4) is 0 Å². The third-order valence-corrected chi connectivity index (χ3v) is 7.19. The van der Waals surface area contributed by atoms with Crippen molar-refractivity contribution in [2.24, 2.45) is 46.3 Å². The van der Waals surface area contributed by atoms with Crippen molar-refractivity contribution in [3.05, 3.63) is 0 Å². The zero-order chi connectivity index (χ0) is 13.3. The lowest BCUT2D eigenvalue weighted by Crippen LogP contribution is -3.12. The molecule has 0 unspecified atom stereocenters. The Balaban J connectivity index is 1.40. The van der Waals surface area contributed by atoms with Gasteiger partial charge in [-0.2, -0.15) is 0 Å². The number of methoxy groups -OCH3 is 2. The van der Waals surface area contributed by atoms with Crippen LogP contribution in [0.25, 0.3) is 0 Å². The average Bonchev–Trinajstić information content (AvgIpc) is 2.45. The quantitative estimate of drug-likeness (QED) is 0.528. The minimum atomic E-state index is -0.443. The van der Waals surface area contributed by atoms with Crippen LogP contribution in [0, 0.1) is 46.3 Å². The standard InChI is InChI=1S/C14H14O5/c1-18-5(16)3-4(15)13-6-9-7(13)11-8(13)10(6)14(9,11)12(17)19-2/h6-11H,3H2,1-2H3. The second kappa shape index (κ2) is 2.45. The van der Waals surface area contributed by atoms with Gasteiger partial charge in [0.05, 0.1) is 19.6 Å². The van der Waals surface area contributed by atoms with Crippen LogP contribution in [-0.4, -0.2) is 31.9 Å². The maximum atomic E-state index is 12.3. The molecule has 6 aliphatic rings. The van der Waals surface area contributed by atoms with Gasteiger partial charge in [-0.05, 0) is 35.5 Å². The summed E-state index contributed by atoms with van der Waals surface area (Å²) in [5.74, 6) is 1.77. The molecule has 6 aliphatic carbocycles. The van der Waals surface area contributed by atoms with E-state index < -0.39 is 5.97 Å². The largest absolute Gasteiger partial charge is 0.469 e. The Morgan fingerprint density at radius 3 is 1.74 bits per heavy atom. The molecule has 6 saturated carbocycles. The van der Waals surface area contributed by atoms with Crippen molar-refractivity contribution in [1.82, 2.24) is 0 Å². The molecule has 100 valence electrons. The number of carbonyl (C=O) groups is 3. The van der Waals surface area contributed by atoms with Gasteiger partial charge in [0.25, 0.3) is 0 Å². The van der Waals surface area contributed by atoms with Gasteiger partial charge in [0.1, 0.15) is 6.42 Å². The maximum Gasteiger partial charge on any atom is 0.313 e. The summed E-state index contributed by atoms with van der Waals surface area (Å²) in [6.07, 6.45) is -0.0998. The fourth-order valence-electron chi connectivity index (χ4n) is 7.03. The van der Waals surface area contributed by atoms with Crippen molar-refractivity contribution < 1.29 is 23.9 Å². The highest BCUT2D eigenvalue weighted by atomic mass is 16.5. The Kier molecular flexibility index (Phi) is 1.34. The molecule has 6 fully saturated rings. The highest BCUT2D eigenvalue weighted by molar-refractivity contribution is 6.05. The van der Waals surface area contributed by atoms with Gasteiger partial charge < -0.3 is 9.47 Å².